The number of rotatable bonds is 2. The van der Waals surface area contributed by atoms with Crippen LogP contribution >= 0.6 is 0 Å². The molecule has 16 heavy (non-hydrogen) atoms. The van der Waals surface area contributed by atoms with Crippen LogP contribution in [0.5, 0.6) is 0 Å². The van der Waals surface area contributed by atoms with Crippen LogP contribution in [-0.4, -0.2) is 23.5 Å². The highest BCUT2D eigenvalue weighted by Gasteiger charge is 2.30. The zero-order valence-corrected chi connectivity index (χ0v) is 9.39. The van der Waals surface area contributed by atoms with E-state index in [0.717, 1.165) is 32.5 Å². The molecule has 0 spiro atoms. The third kappa shape index (κ3) is 2.60. The van der Waals surface area contributed by atoms with Crippen molar-refractivity contribution in [2.24, 2.45) is 5.73 Å². The Bertz CT molecular complexity index is 377. The van der Waals surface area contributed by atoms with Crippen molar-refractivity contribution in [3.8, 4) is 6.07 Å². The molecule has 3 heteroatoms. The average molecular weight is 217 g/mol. The van der Waals surface area contributed by atoms with Crippen molar-refractivity contribution >= 4 is 0 Å². The van der Waals surface area contributed by atoms with E-state index in [9.17, 15) is 0 Å². The molecular formula is C13H19N3. The van der Waals surface area contributed by atoms with Crippen molar-refractivity contribution in [3.63, 3.8) is 0 Å². The first kappa shape index (κ1) is 11.1. The summed E-state index contributed by atoms with van der Waals surface area (Å²) in [5.41, 5.74) is 6.66. The van der Waals surface area contributed by atoms with Crippen molar-refractivity contribution in [2.45, 2.75) is 24.9 Å². The molecule has 1 heterocycles. The standard InChI is InChI=1S/C13H17N3.H2/c14-11-13(15)6-8-16(9-7-13)10-12-4-2-1-3-5-12;/h1-5H,6-10,15H2;1H. The Morgan fingerprint density at radius 3 is 2.50 bits per heavy atom. The van der Waals surface area contributed by atoms with Crippen LogP contribution in [0.15, 0.2) is 30.3 Å². The molecule has 0 atom stereocenters. The summed E-state index contributed by atoms with van der Waals surface area (Å²) in [5, 5.41) is 8.93. The van der Waals surface area contributed by atoms with E-state index in [4.69, 9.17) is 11.0 Å². The highest BCUT2D eigenvalue weighted by atomic mass is 15.1. The minimum Gasteiger partial charge on any atom is -0.313 e. The van der Waals surface area contributed by atoms with Crippen LogP contribution < -0.4 is 5.73 Å². The number of hydrogen-bond acceptors (Lipinski definition) is 3. The molecule has 1 aromatic rings. The van der Waals surface area contributed by atoms with E-state index >= 15 is 0 Å². The van der Waals surface area contributed by atoms with Crippen LogP contribution in [0.25, 0.3) is 0 Å². The lowest BCUT2D eigenvalue weighted by atomic mass is 9.90. The van der Waals surface area contributed by atoms with Gasteiger partial charge in [0.15, 0.2) is 0 Å². The Labute approximate surface area is 98.0 Å². The number of hydrogen-bond donors (Lipinski definition) is 1. The van der Waals surface area contributed by atoms with Gasteiger partial charge >= 0.3 is 0 Å². The van der Waals surface area contributed by atoms with Gasteiger partial charge in [-0.1, -0.05) is 30.3 Å². The average Bonchev–Trinajstić information content (AvgIpc) is 2.34. The van der Waals surface area contributed by atoms with Crippen molar-refractivity contribution in [2.75, 3.05) is 13.1 Å². The largest absolute Gasteiger partial charge is 0.313 e. The van der Waals surface area contributed by atoms with E-state index in [2.05, 4.69) is 35.2 Å². The molecule has 3 nitrogen and oxygen atoms in total. The smallest absolute Gasteiger partial charge is 0.106 e. The van der Waals surface area contributed by atoms with Crippen LogP contribution in [-0.2, 0) is 6.54 Å². The van der Waals surface area contributed by atoms with E-state index in [1.807, 2.05) is 6.07 Å². The van der Waals surface area contributed by atoms with Crippen molar-refractivity contribution in [1.82, 2.24) is 4.90 Å². The van der Waals surface area contributed by atoms with E-state index in [-0.39, 0.29) is 1.43 Å². The van der Waals surface area contributed by atoms with Crippen LogP contribution in [0.1, 0.15) is 19.8 Å². The molecule has 1 fully saturated rings. The zero-order valence-electron chi connectivity index (χ0n) is 9.39. The van der Waals surface area contributed by atoms with E-state index in [1.165, 1.54) is 5.56 Å². The lowest BCUT2D eigenvalue weighted by Crippen LogP contribution is -2.49. The fourth-order valence-electron chi connectivity index (χ4n) is 2.06. The van der Waals surface area contributed by atoms with Crippen molar-refractivity contribution in [3.05, 3.63) is 35.9 Å². The van der Waals surface area contributed by atoms with Gasteiger partial charge in [-0.2, -0.15) is 5.26 Å². The summed E-state index contributed by atoms with van der Waals surface area (Å²) in [7, 11) is 0. The Morgan fingerprint density at radius 1 is 1.31 bits per heavy atom. The summed E-state index contributed by atoms with van der Waals surface area (Å²) in [6.07, 6.45) is 1.55. The molecule has 2 rings (SSSR count). The Kier molecular flexibility index (Phi) is 3.23. The fourth-order valence-corrected chi connectivity index (χ4v) is 2.06. The number of nitrogens with zero attached hydrogens (tertiary/aromatic N) is 2. The molecule has 0 aliphatic carbocycles. The predicted molar refractivity (Wildman–Crippen MR) is 65.6 cm³/mol. The molecule has 0 radical (unpaired) electrons. The fraction of sp³-hybridized carbons (Fsp3) is 0.462. The second kappa shape index (κ2) is 4.65. The van der Waals surface area contributed by atoms with Gasteiger partial charge in [-0.3, -0.25) is 4.90 Å². The molecule has 0 aromatic heterocycles. The summed E-state index contributed by atoms with van der Waals surface area (Å²) in [4.78, 5) is 2.36. The van der Waals surface area contributed by atoms with Gasteiger partial charge < -0.3 is 5.73 Å². The topological polar surface area (TPSA) is 53.1 Å². The second-order valence-electron chi connectivity index (χ2n) is 4.53. The second-order valence-corrected chi connectivity index (χ2v) is 4.53. The predicted octanol–water partition coefficient (Wildman–Crippen LogP) is 1.75. The minimum atomic E-state index is -0.590. The molecule has 1 aliphatic rings. The lowest BCUT2D eigenvalue weighted by molar-refractivity contribution is 0.181. The Hall–Kier alpha value is -1.37. The third-order valence-electron chi connectivity index (χ3n) is 3.22. The van der Waals surface area contributed by atoms with Crippen LogP contribution in [0.2, 0.25) is 0 Å². The molecule has 0 amide bonds. The molecule has 1 saturated heterocycles. The number of piperidine rings is 1. The number of nitriles is 1. The molecule has 1 aromatic carbocycles. The Morgan fingerprint density at radius 2 is 1.94 bits per heavy atom. The number of benzene rings is 1. The first-order valence-corrected chi connectivity index (χ1v) is 5.68. The van der Waals surface area contributed by atoms with Gasteiger partial charge in [0, 0.05) is 21.1 Å². The van der Waals surface area contributed by atoms with Crippen molar-refractivity contribution < 1.29 is 1.43 Å². The minimum absolute atomic E-state index is 0. The van der Waals surface area contributed by atoms with E-state index < -0.39 is 5.54 Å². The van der Waals surface area contributed by atoms with Gasteiger partial charge in [-0.05, 0) is 18.4 Å². The van der Waals surface area contributed by atoms with Gasteiger partial charge in [-0.25, -0.2) is 0 Å². The summed E-state index contributed by atoms with van der Waals surface area (Å²) in [6, 6.07) is 12.6. The molecular weight excluding hydrogens is 198 g/mol. The monoisotopic (exact) mass is 217 g/mol. The summed E-state index contributed by atoms with van der Waals surface area (Å²) in [6.45, 7) is 2.79. The molecule has 86 valence electrons. The molecule has 1 aliphatic heterocycles. The Balaban J connectivity index is 0.00000144. The summed E-state index contributed by atoms with van der Waals surface area (Å²) >= 11 is 0. The van der Waals surface area contributed by atoms with Gasteiger partial charge in [-0.15, -0.1) is 0 Å². The molecule has 0 bridgehead atoms. The normalized spacial score (nSPS) is 20.2. The summed E-state index contributed by atoms with van der Waals surface area (Å²) in [5.74, 6) is 0. The SMILES string of the molecule is N#CC1(N)CCN(Cc2ccccc2)CC1.[HH]. The summed E-state index contributed by atoms with van der Waals surface area (Å²) < 4.78 is 0. The van der Waals surface area contributed by atoms with Crippen molar-refractivity contribution in [1.29, 1.82) is 5.26 Å². The van der Waals surface area contributed by atoms with Crippen LogP contribution in [0.4, 0.5) is 0 Å². The number of nitrogens with two attached hydrogens (primary N) is 1. The van der Waals surface area contributed by atoms with E-state index in [1.54, 1.807) is 0 Å². The third-order valence-corrected chi connectivity index (χ3v) is 3.22. The van der Waals surface area contributed by atoms with E-state index in [0.29, 0.717) is 0 Å². The maximum atomic E-state index is 8.93. The highest BCUT2D eigenvalue weighted by molar-refractivity contribution is 5.15. The maximum absolute atomic E-state index is 8.93. The van der Waals surface area contributed by atoms with Gasteiger partial charge in [0.05, 0.1) is 6.07 Å². The quantitative estimate of drug-likeness (QED) is 0.821. The lowest BCUT2D eigenvalue weighted by Gasteiger charge is -2.34. The molecule has 2 N–H and O–H groups in total. The highest BCUT2D eigenvalue weighted by Crippen LogP contribution is 2.20. The maximum Gasteiger partial charge on any atom is 0.106 e. The van der Waals surface area contributed by atoms with Gasteiger partial charge in [0.1, 0.15) is 5.54 Å². The first-order chi connectivity index (χ1) is 7.72. The molecule has 0 saturated carbocycles. The number of likely N-dealkylation sites (tertiary alicyclic amines) is 1. The first-order valence-electron chi connectivity index (χ1n) is 5.68. The van der Waals surface area contributed by atoms with Gasteiger partial charge in [0.25, 0.3) is 0 Å². The van der Waals surface area contributed by atoms with Crippen LogP contribution in [0.3, 0.4) is 0 Å². The van der Waals surface area contributed by atoms with Crippen LogP contribution in [0, 0.1) is 11.3 Å². The van der Waals surface area contributed by atoms with Gasteiger partial charge in [0.2, 0.25) is 0 Å². The zero-order chi connectivity index (χ0) is 11.4. The molecule has 0 unspecified atom stereocenters.